The molecule has 3 aromatic rings. The quantitative estimate of drug-likeness (QED) is 0.190. The average molecular weight is 644 g/mol. The van der Waals surface area contributed by atoms with Crippen LogP contribution in [0.25, 0.3) is 6.08 Å². The maximum absolute atomic E-state index is 13.3. The van der Waals surface area contributed by atoms with Gasteiger partial charge in [0, 0.05) is 0 Å². The number of anilines is 1. The molecule has 2 N–H and O–H groups in total. The average Bonchev–Trinajstić information content (AvgIpc) is 2.86. The Hall–Kier alpha value is -3.34. The van der Waals surface area contributed by atoms with Gasteiger partial charge in [-0.3, -0.25) is 19.8 Å². The van der Waals surface area contributed by atoms with E-state index in [1.165, 1.54) is 23.1 Å². The third kappa shape index (κ3) is 5.98. The summed E-state index contributed by atoms with van der Waals surface area (Å²) in [6, 6.07) is 17.3. The Bertz CT molecular complexity index is 1410. The van der Waals surface area contributed by atoms with Gasteiger partial charge in [0.1, 0.15) is 17.9 Å². The van der Waals surface area contributed by atoms with Crippen LogP contribution in [0.15, 0.2) is 75.2 Å². The Morgan fingerprint density at radius 3 is 2.19 bits per heavy atom. The van der Waals surface area contributed by atoms with Gasteiger partial charge in [0.25, 0.3) is 11.8 Å². The second-order valence-electron chi connectivity index (χ2n) is 8.08. The molecule has 0 radical (unpaired) electrons. The van der Waals surface area contributed by atoms with Crippen molar-refractivity contribution in [2.45, 2.75) is 20.0 Å². The van der Waals surface area contributed by atoms with E-state index in [-0.39, 0.29) is 22.9 Å². The fourth-order valence-electron chi connectivity index (χ4n) is 3.64. The lowest BCUT2D eigenvalue weighted by Crippen LogP contribution is -2.54. The molecule has 2 amide bonds. The van der Waals surface area contributed by atoms with Crippen LogP contribution in [0.3, 0.4) is 0 Å². The van der Waals surface area contributed by atoms with Crippen LogP contribution >= 0.6 is 44.1 Å². The molecule has 0 spiro atoms. The van der Waals surface area contributed by atoms with Crippen molar-refractivity contribution in [2.75, 3.05) is 4.90 Å². The van der Waals surface area contributed by atoms with E-state index in [4.69, 9.17) is 22.1 Å². The third-order valence-electron chi connectivity index (χ3n) is 5.62. The molecule has 10 heteroatoms. The van der Waals surface area contributed by atoms with Gasteiger partial charge in [-0.2, -0.15) is 0 Å². The highest BCUT2D eigenvalue weighted by molar-refractivity contribution is 9.11. The third-order valence-corrected chi connectivity index (χ3v) is 7.08. The lowest BCUT2D eigenvalue weighted by Gasteiger charge is -2.29. The maximum atomic E-state index is 13.3. The number of amides is 2. The molecular formula is C27H20Br2N2O5S. The maximum Gasteiger partial charge on any atom is 0.335 e. The van der Waals surface area contributed by atoms with Crippen molar-refractivity contribution < 1.29 is 24.2 Å². The number of aromatic carboxylic acids is 1. The second kappa shape index (κ2) is 11.4. The van der Waals surface area contributed by atoms with Crippen LogP contribution in [0.1, 0.15) is 34.0 Å². The summed E-state index contributed by atoms with van der Waals surface area (Å²) in [5.41, 5.74) is 3.21. The van der Waals surface area contributed by atoms with Crippen molar-refractivity contribution in [3.63, 3.8) is 0 Å². The fourth-order valence-corrected chi connectivity index (χ4v) is 5.37. The first-order valence-electron chi connectivity index (χ1n) is 11.1. The number of carbonyl (C=O) groups excluding carboxylic acids is 2. The number of carboxylic acid groups (broad SMARTS) is 1. The normalized spacial score (nSPS) is 14.6. The van der Waals surface area contributed by atoms with Crippen molar-refractivity contribution in [3.05, 3.63) is 97.4 Å². The molecule has 1 aliphatic heterocycles. The van der Waals surface area contributed by atoms with E-state index in [0.717, 1.165) is 17.5 Å². The largest absolute Gasteiger partial charge is 0.487 e. The molecule has 4 rings (SSSR count). The van der Waals surface area contributed by atoms with Crippen LogP contribution in [-0.2, 0) is 22.6 Å². The molecule has 0 saturated carbocycles. The molecule has 37 heavy (non-hydrogen) atoms. The van der Waals surface area contributed by atoms with Gasteiger partial charge in [-0.05, 0) is 110 Å². The number of hydrogen-bond acceptors (Lipinski definition) is 5. The Kier molecular flexibility index (Phi) is 8.21. The number of hydrogen-bond donors (Lipinski definition) is 2. The van der Waals surface area contributed by atoms with Gasteiger partial charge in [0.05, 0.1) is 20.2 Å². The van der Waals surface area contributed by atoms with Gasteiger partial charge in [0.2, 0.25) is 0 Å². The van der Waals surface area contributed by atoms with Gasteiger partial charge in [0.15, 0.2) is 5.11 Å². The molecule has 0 aliphatic carbocycles. The summed E-state index contributed by atoms with van der Waals surface area (Å²) in [4.78, 5) is 38.3. The van der Waals surface area contributed by atoms with E-state index in [1.807, 2.05) is 19.1 Å². The van der Waals surface area contributed by atoms with E-state index >= 15 is 0 Å². The van der Waals surface area contributed by atoms with Gasteiger partial charge in [-0.1, -0.05) is 31.2 Å². The monoisotopic (exact) mass is 642 g/mol. The molecule has 0 atom stereocenters. The minimum atomic E-state index is -0.993. The molecule has 1 aliphatic rings. The molecule has 1 fully saturated rings. The Balaban J connectivity index is 1.56. The summed E-state index contributed by atoms with van der Waals surface area (Å²) in [6.07, 6.45) is 2.36. The van der Waals surface area contributed by atoms with Crippen molar-refractivity contribution in [1.82, 2.24) is 5.32 Å². The summed E-state index contributed by atoms with van der Waals surface area (Å²) in [6.45, 7) is 2.25. The van der Waals surface area contributed by atoms with Crippen molar-refractivity contribution in [2.24, 2.45) is 0 Å². The number of carboxylic acids is 1. The Labute approximate surface area is 235 Å². The van der Waals surface area contributed by atoms with Gasteiger partial charge < -0.3 is 9.84 Å². The Morgan fingerprint density at radius 2 is 1.62 bits per heavy atom. The van der Waals surface area contributed by atoms with E-state index < -0.39 is 17.8 Å². The number of benzene rings is 3. The summed E-state index contributed by atoms with van der Waals surface area (Å²) in [7, 11) is 0. The lowest BCUT2D eigenvalue weighted by atomic mass is 10.1. The van der Waals surface area contributed by atoms with Gasteiger partial charge in [-0.15, -0.1) is 0 Å². The molecule has 3 aromatic carbocycles. The van der Waals surface area contributed by atoms with E-state index in [0.29, 0.717) is 25.9 Å². The second-order valence-corrected chi connectivity index (χ2v) is 10.2. The molecule has 1 saturated heterocycles. The highest BCUT2D eigenvalue weighted by atomic mass is 79.9. The number of nitrogens with zero attached hydrogens (tertiary/aromatic N) is 1. The van der Waals surface area contributed by atoms with Crippen LogP contribution in [0, 0.1) is 0 Å². The molecular weight excluding hydrogens is 624 g/mol. The number of halogens is 2. The zero-order valence-corrected chi connectivity index (χ0v) is 23.4. The number of rotatable bonds is 7. The molecule has 0 bridgehead atoms. The van der Waals surface area contributed by atoms with Crippen LogP contribution in [-0.4, -0.2) is 28.0 Å². The smallest absolute Gasteiger partial charge is 0.335 e. The van der Waals surface area contributed by atoms with Crippen LogP contribution in [0.2, 0.25) is 0 Å². The van der Waals surface area contributed by atoms with Crippen LogP contribution in [0.4, 0.5) is 5.69 Å². The topological polar surface area (TPSA) is 95.9 Å². The molecule has 0 unspecified atom stereocenters. The van der Waals surface area contributed by atoms with Crippen molar-refractivity contribution in [3.8, 4) is 5.75 Å². The van der Waals surface area contributed by atoms with E-state index in [2.05, 4.69) is 37.2 Å². The number of aryl methyl sites for hydroxylation is 1. The SMILES string of the molecule is CCc1ccc(N2C(=O)C(=Cc3cc(Br)c(OCc4ccc(C(=O)O)cc4)c(Br)c3)C(=O)NC2=S)cc1. The first kappa shape index (κ1) is 26.7. The van der Waals surface area contributed by atoms with Crippen LogP contribution < -0.4 is 15.0 Å². The molecule has 188 valence electrons. The van der Waals surface area contributed by atoms with Crippen LogP contribution in [0.5, 0.6) is 5.75 Å². The molecule has 7 nitrogen and oxygen atoms in total. The zero-order chi connectivity index (χ0) is 26.7. The molecule has 0 aromatic heterocycles. The zero-order valence-electron chi connectivity index (χ0n) is 19.5. The number of nitrogens with one attached hydrogen (secondary N) is 1. The summed E-state index contributed by atoms with van der Waals surface area (Å²) in [5, 5.41) is 11.7. The summed E-state index contributed by atoms with van der Waals surface area (Å²) < 4.78 is 7.11. The summed E-state index contributed by atoms with van der Waals surface area (Å²) >= 11 is 12.3. The summed E-state index contributed by atoms with van der Waals surface area (Å²) in [5.74, 6) is -1.57. The highest BCUT2D eigenvalue weighted by Gasteiger charge is 2.34. The lowest BCUT2D eigenvalue weighted by molar-refractivity contribution is -0.122. The molecule has 1 heterocycles. The first-order chi connectivity index (χ1) is 17.7. The number of ether oxygens (including phenoxy) is 1. The minimum Gasteiger partial charge on any atom is -0.487 e. The van der Waals surface area contributed by atoms with E-state index in [9.17, 15) is 14.4 Å². The van der Waals surface area contributed by atoms with Gasteiger partial charge >= 0.3 is 5.97 Å². The van der Waals surface area contributed by atoms with E-state index in [1.54, 1.807) is 36.4 Å². The fraction of sp³-hybridized carbons (Fsp3) is 0.111. The first-order valence-corrected chi connectivity index (χ1v) is 13.1. The highest BCUT2D eigenvalue weighted by Crippen LogP contribution is 2.36. The standard InChI is InChI=1S/C27H20Br2N2O5S/c1-2-15-5-9-19(10-6-15)31-25(33)20(24(32)30-27(31)37)11-17-12-21(28)23(22(29)13-17)36-14-16-3-7-18(8-4-16)26(34)35/h3-13H,2,14H2,1H3,(H,34,35)(H,30,32,37). The van der Waals surface area contributed by atoms with Gasteiger partial charge in [-0.25, -0.2) is 4.79 Å². The Morgan fingerprint density at radius 1 is 1.03 bits per heavy atom. The van der Waals surface area contributed by atoms with Crippen molar-refractivity contribution in [1.29, 1.82) is 0 Å². The predicted molar refractivity (Wildman–Crippen MR) is 152 cm³/mol. The number of carbonyl (C=O) groups is 3. The predicted octanol–water partition coefficient (Wildman–Crippen LogP) is 5.88. The minimum absolute atomic E-state index is 0.0268. The van der Waals surface area contributed by atoms with Crippen molar-refractivity contribution >= 4 is 78.7 Å². The number of thiocarbonyl (C=S) groups is 1.